The molecule has 0 atom stereocenters. The smallest absolute Gasteiger partial charge is 0.243 e. The summed E-state index contributed by atoms with van der Waals surface area (Å²) < 4.78 is 28.6. The molecule has 1 heterocycles. The molecule has 0 bridgehead atoms. The van der Waals surface area contributed by atoms with Crippen LogP contribution in [0.2, 0.25) is 0 Å². The molecule has 7 heteroatoms. The first kappa shape index (κ1) is 21.5. The number of amides is 1. The first-order chi connectivity index (χ1) is 13.5. The van der Waals surface area contributed by atoms with Gasteiger partial charge in [-0.25, -0.2) is 8.42 Å². The molecule has 29 heavy (non-hydrogen) atoms. The van der Waals surface area contributed by atoms with E-state index in [1.807, 2.05) is 63.2 Å². The summed E-state index contributed by atoms with van der Waals surface area (Å²) in [7, 11) is 1.85. The van der Waals surface area contributed by atoms with E-state index < -0.39 is 15.4 Å². The van der Waals surface area contributed by atoms with Gasteiger partial charge >= 0.3 is 0 Å². The van der Waals surface area contributed by atoms with Gasteiger partial charge in [0.05, 0.1) is 10.3 Å². The second-order valence-corrected chi connectivity index (χ2v) is 10.2. The van der Waals surface area contributed by atoms with Crippen LogP contribution in [0.15, 0.2) is 53.4 Å². The molecule has 0 radical (unpaired) electrons. The van der Waals surface area contributed by atoms with Gasteiger partial charge in [-0.05, 0) is 57.3 Å². The lowest BCUT2D eigenvalue weighted by atomic mass is 9.86. The molecule has 0 saturated carbocycles. The Morgan fingerprint density at radius 3 is 2.28 bits per heavy atom. The van der Waals surface area contributed by atoms with Gasteiger partial charge in [-0.1, -0.05) is 30.3 Å². The Hall–Kier alpha value is -2.22. The molecule has 156 valence electrons. The largest absolute Gasteiger partial charge is 0.314 e. The van der Waals surface area contributed by atoms with Gasteiger partial charge in [-0.15, -0.1) is 0 Å². The summed E-state index contributed by atoms with van der Waals surface area (Å²) in [5, 5.41) is 0. The zero-order valence-electron chi connectivity index (χ0n) is 17.7. The number of hydrogen-bond acceptors (Lipinski definition) is 4. The van der Waals surface area contributed by atoms with E-state index in [1.165, 1.54) is 4.31 Å². The fraction of sp³-hybridized carbons (Fsp3) is 0.409. The third kappa shape index (κ3) is 4.08. The number of nitrogens with zero attached hydrogens (tertiary/aromatic N) is 3. The molecule has 0 spiro atoms. The molecule has 0 aliphatic carbocycles. The van der Waals surface area contributed by atoms with Crippen molar-refractivity contribution in [2.45, 2.75) is 30.7 Å². The van der Waals surface area contributed by atoms with E-state index in [0.717, 1.165) is 16.8 Å². The molecule has 1 aliphatic rings. The van der Waals surface area contributed by atoms with Crippen molar-refractivity contribution in [3.63, 3.8) is 0 Å². The summed E-state index contributed by atoms with van der Waals surface area (Å²) in [5.41, 5.74) is 1.70. The predicted molar refractivity (Wildman–Crippen MR) is 115 cm³/mol. The maximum absolute atomic E-state index is 13.5. The third-order valence-electron chi connectivity index (χ3n) is 5.48. The van der Waals surface area contributed by atoms with Crippen LogP contribution in [0.5, 0.6) is 0 Å². The molecule has 0 unspecified atom stereocenters. The molecule has 1 aliphatic heterocycles. The number of sulfonamides is 1. The molecule has 0 saturated heterocycles. The first-order valence-corrected chi connectivity index (χ1v) is 11.1. The number of benzene rings is 2. The van der Waals surface area contributed by atoms with Crippen LogP contribution in [0.1, 0.15) is 25.0 Å². The van der Waals surface area contributed by atoms with Gasteiger partial charge in [0.25, 0.3) is 0 Å². The summed E-state index contributed by atoms with van der Waals surface area (Å²) in [6, 6.07) is 14.6. The van der Waals surface area contributed by atoms with Crippen LogP contribution in [0.3, 0.4) is 0 Å². The van der Waals surface area contributed by atoms with E-state index in [9.17, 15) is 13.2 Å². The highest BCUT2D eigenvalue weighted by Crippen LogP contribution is 2.42. The summed E-state index contributed by atoms with van der Waals surface area (Å²) in [5.74, 6) is -0.0317. The third-order valence-corrected chi connectivity index (χ3v) is 7.32. The molecule has 2 aromatic rings. The number of fused-ring (bicyclic) bond motifs is 1. The lowest BCUT2D eigenvalue weighted by Gasteiger charge is -2.25. The van der Waals surface area contributed by atoms with Crippen LogP contribution in [0.25, 0.3) is 0 Å². The Kier molecular flexibility index (Phi) is 5.85. The Morgan fingerprint density at radius 2 is 1.66 bits per heavy atom. The normalized spacial score (nSPS) is 16.0. The second kappa shape index (κ2) is 7.89. The van der Waals surface area contributed by atoms with Gasteiger partial charge in [0.15, 0.2) is 0 Å². The maximum atomic E-state index is 13.5. The maximum Gasteiger partial charge on any atom is 0.243 e. The molecule has 1 amide bonds. The zero-order chi connectivity index (χ0) is 21.4. The van der Waals surface area contributed by atoms with Crippen LogP contribution in [-0.2, 0) is 26.8 Å². The number of rotatable bonds is 7. The molecular formula is C22H29N3O3S. The minimum absolute atomic E-state index is 0.0317. The molecule has 3 rings (SSSR count). The first-order valence-electron chi connectivity index (χ1n) is 9.66. The highest BCUT2D eigenvalue weighted by molar-refractivity contribution is 7.89. The number of carbonyl (C=O) groups is 1. The second-order valence-electron chi connectivity index (χ2n) is 8.30. The molecular weight excluding hydrogens is 386 g/mol. The minimum Gasteiger partial charge on any atom is -0.314 e. The Morgan fingerprint density at radius 1 is 1.00 bits per heavy atom. The van der Waals surface area contributed by atoms with Crippen molar-refractivity contribution in [1.29, 1.82) is 0 Å². The fourth-order valence-electron chi connectivity index (χ4n) is 3.64. The van der Waals surface area contributed by atoms with E-state index in [1.54, 1.807) is 30.1 Å². The molecule has 0 fully saturated rings. The standard InChI is InChI=1S/C22H29N3O3S/c1-22(2)19-15-18(11-12-20(19)24(5)21(22)26)29(27,28)25(14-13-23(3)4)16-17-9-7-6-8-10-17/h6-12,15H,13-14,16H2,1-5H3. The topological polar surface area (TPSA) is 60.9 Å². The van der Waals surface area contributed by atoms with E-state index in [0.29, 0.717) is 19.6 Å². The van der Waals surface area contributed by atoms with Crippen molar-refractivity contribution in [2.24, 2.45) is 0 Å². The lowest BCUT2D eigenvalue weighted by Crippen LogP contribution is -2.36. The quantitative estimate of drug-likeness (QED) is 0.698. The molecule has 6 nitrogen and oxygen atoms in total. The summed E-state index contributed by atoms with van der Waals surface area (Å²) in [6.45, 7) is 4.97. The van der Waals surface area contributed by atoms with Gasteiger partial charge in [0.1, 0.15) is 0 Å². The van der Waals surface area contributed by atoms with Crippen molar-refractivity contribution in [1.82, 2.24) is 9.21 Å². The van der Waals surface area contributed by atoms with Gasteiger partial charge in [0.2, 0.25) is 15.9 Å². The highest BCUT2D eigenvalue weighted by Gasteiger charge is 2.43. The summed E-state index contributed by atoms with van der Waals surface area (Å²) >= 11 is 0. The van der Waals surface area contributed by atoms with Gasteiger partial charge in [-0.2, -0.15) is 4.31 Å². The van der Waals surface area contributed by atoms with Crippen molar-refractivity contribution >= 4 is 21.6 Å². The highest BCUT2D eigenvalue weighted by atomic mass is 32.2. The molecule has 0 aromatic heterocycles. The number of hydrogen-bond donors (Lipinski definition) is 0. The van der Waals surface area contributed by atoms with Crippen LogP contribution in [-0.4, -0.2) is 57.8 Å². The zero-order valence-corrected chi connectivity index (χ0v) is 18.5. The van der Waals surface area contributed by atoms with E-state index in [2.05, 4.69) is 0 Å². The number of anilines is 1. The van der Waals surface area contributed by atoms with Gasteiger partial charge in [0, 0.05) is 32.4 Å². The average Bonchev–Trinajstić information content (AvgIpc) is 2.86. The summed E-state index contributed by atoms with van der Waals surface area (Å²) in [4.78, 5) is 16.3. The molecule has 2 aromatic carbocycles. The Bertz CT molecular complexity index is 1000. The van der Waals surface area contributed by atoms with Crippen molar-refractivity contribution in [2.75, 3.05) is 39.1 Å². The van der Waals surface area contributed by atoms with Crippen molar-refractivity contribution in [3.05, 3.63) is 59.7 Å². The number of carbonyl (C=O) groups excluding carboxylic acids is 1. The van der Waals surface area contributed by atoms with E-state index in [4.69, 9.17) is 0 Å². The SMILES string of the molecule is CN(C)CCN(Cc1ccccc1)S(=O)(=O)c1ccc2c(c1)C(C)(C)C(=O)N2C. The number of likely N-dealkylation sites (N-methyl/N-ethyl adjacent to an activating group) is 2. The Labute approximate surface area is 173 Å². The summed E-state index contributed by atoms with van der Waals surface area (Å²) in [6.07, 6.45) is 0. The van der Waals surface area contributed by atoms with Gasteiger partial charge < -0.3 is 9.80 Å². The van der Waals surface area contributed by atoms with Crippen LogP contribution in [0, 0.1) is 0 Å². The van der Waals surface area contributed by atoms with E-state index >= 15 is 0 Å². The monoisotopic (exact) mass is 415 g/mol. The van der Waals surface area contributed by atoms with Crippen molar-refractivity contribution in [3.8, 4) is 0 Å². The van der Waals surface area contributed by atoms with Crippen molar-refractivity contribution < 1.29 is 13.2 Å². The average molecular weight is 416 g/mol. The van der Waals surface area contributed by atoms with Crippen LogP contribution < -0.4 is 4.90 Å². The van der Waals surface area contributed by atoms with Crippen LogP contribution in [0.4, 0.5) is 5.69 Å². The minimum atomic E-state index is -3.72. The fourth-order valence-corrected chi connectivity index (χ4v) is 5.09. The van der Waals surface area contributed by atoms with E-state index in [-0.39, 0.29) is 10.8 Å². The molecule has 0 N–H and O–H groups in total. The predicted octanol–water partition coefficient (Wildman–Crippen LogP) is 2.69. The Balaban J connectivity index is 2.00. The van der Waals surface area contributed by atoms with Crippen LogP contribution >= 0.6 is 0 Å². The van der Waals surface area contributed by atoms with Gasteiger partial charge in [-0.3, -0.25) is 4.79 Å². The lowest BCUT2D eigenvalue weighted by molar-refractivity contribution is -0.121.